The molecule has 0 radical (unpaired) electrons. The van der Waals surface area contributed by atoms with Crippen LogP contribution in [0.1, 0.15) is 36.7 Å². The van der Waals surface area contributed by atoms with Crippen molar-refractivity contribution in [3.8, 4) is 0 Å². The first-order chi connectivity index (χ1) is 17.7. The summed E-state index contributed by atoms with van der Waals surface area (Å²) in [5.41, 5.74) is 3.84. The van der Waals surface area contributed by atoms with Crippen molar-refractivity contribution in [1.82, 2.24) is 15.5 Å². The Morgan fingerprint density at radius 2 is 1.81 bits per heavy atom. The van der Waals surface area contributed by atoms with E-state index in [1.54, 1.807) is 35.6 Å². The van der Waals surface area contributed by atoms with Crippen molar-refractivity contribution in [2.75, 3.05) is 44.7 Å². The van der Waals surface area contributed by atoms with Crippen LogP contribution >= 0.6 is 11.3 Å². The summed E-state index contributed by atoms with van der Waals surface area (Å²) in [5.74, 6) is 0.116. The third-order valence-corrected chi connectivity index (χ3v) is 7.15. The predicted molar refractivity (Wildman–Crippen MR) is 142 cm³/mol. The summed E-state index contributed by atoms with van der Waals surface area (Å²) in [7, 11) is 0. The lowest BCUT2D eigenvalue weighted by atomic mass is 10.0. The average molecular weight is 504 g/mol. The van der Waals surface area contributed by atoms with Crippen molar-refractivity contribution in [3.05, 3.63) is 87.1 Å². The maximum absolute atomic E-state index is 12.9. The molecule has 2 amide bonds. The maximum Gasteiger partial charge on any atom is 0.256 e. The van der Waals surface area contributed by atoms with Crippen molar-refractivity contribution in [2.45, 2.75) is 13.1 Å². The Hall–Kier alpha value is -3.53. The van der Waals surface area contributed by atoms with E-state index in [4.69, 9.17) is 4.74 Å². The first kappa shape index (κ1) is 24.2. The lowest BCUT2D eigenvalue weighted by Gasteiger charge is -2.26. The number of hydrogen-bond donors (Lipinski definition) is 3. The largest absolute Gasteiger partial charge is 0.384 e. The second kappa shape index (κ2) is 11.5. The zero-order valence-corrected chi connectivity index (χ0v) is 20.8. The number of aliphatic imine (C=N–C) groups is 1. The van der Waals surface area contributed by atoms with Crippen LogP contribution in [0.15, 0.2) is 65.0 Å². The lowest BCUT2D eigenvalue weighted by molar-refractivity contribution is 0.0398. The van der Waals surface area contributed by atoms with Gasteiger partial charge in [0, 0.05) is 53.4 Å². The molecule has 0 spiro atoms. The molecule has 36 heavy (non-hydrogen) atoms. The maximum atomic E-state index is 12.9. The molecule has 3 aromatic rings. The molecule has 186 valence electrons. The fourth-order valence-electron chi connectivity index (χ4n) is 4.22. The topological polar surface area (TPSA) is 95.1 Å². The quantitative estimate of drug-likeness (QED) is 0.439. The van der Waals surface area contributed by atoms with E-state index < -0.39 is 0 Å². The number of rotatable bonds is 8. The second-order valence-electron chi connectivity index (χ2n) is 8.71. The van der Waals surface area contributed by atoms with Gasteiger partial charge in [-0.2, -0.15) is 0 Å². The molecular weight excluding hydrogens is 474 g/mol. The smallest absolute Gasteiger partial charge is 0.256 e. The summed E-state index contributed by atoms with van der Waals surface area (Å²) < 4.78 is 5.38. The Bertz CT molecular complexity index is 1230. The zero-order chi connectivity index (χ0) is 24.7. The number of thiophene rings is 1. The van der Waals surface area contributed by atoms with Gasteiger partial charge in [0.05, 0.1) is 26.3 Å². The minimum absolute atomic E-state index is 0.152. The molecule has 0 saturated carbocycles. The molecule has 1 fully saturated rings. The number of amidine groups is 1. The van der Waals surface area contributed by atoms with Crippen LogP contribution in [0.5, 0.6) is 0 Å². The third kappa shape index (κ3) is 5.99. The number of carbonyl (C=O) groups excluding carboxylic acids is 2. The van der Waals surface area contributed by atoms with Crippen molar-refractivity contribution < 1.29 is 14.3 Å². The SMILES string of the molecule is O=C(NCc1cccs1)c1ccc2c(c1)C(NC(=O)c1ccc(NCCN3CCOCC3)cc1)=NC2. The molecule has 0 bridgehead atoms. The molecule has 0 atom stereocenters. The molecular formula is C27H29N5O3S. The van der Waals surface area contributed by atoms with Crippen molar-refractivity contribution in [3.63, 3.8) is 0 Å². The number of amides is 2. The fourth-order valence-corrected chi connectivity index (χ4v) is 4.86. The molecule has 5 rings (SSSR count). The van der Waals surface area contributed by atoms with Crippen LogP contribution < -0.4 is 16.0 Å². The first-order valence-electron chi connectivity index (χ1n) is 12.1. The Kier molecular flexibility index (Phi) is 7.70. The number of ether oxygens (including phenoxy) is 1. The van der Waals surface area contributed by atoms with E-state index in [0.717, 1.165) is 61.1 Å². The van der Waals surface area contributed by atoms with Gasteiger partial charge in [-0.3, -0.25) is 19.5 Å². The predicted octanol–water partition coefficient (Wildman–Crippen LogP) is 3.11. The summed E-state index contributed by atoms with van der Waals surface area (Å²) in [6, 6.07) is 16.9. The molecule has 2 aliphatic heterocycles. The standard InChI is InChI=1S/C27H29N5O3S/c33-26(30-18-23-2-1-15-36-23)20-3-4-21-17-29-25(24(21)16-20)31-27(34)19-5-7-22(8-6-19)28-9-10-32-11-13-35-14-12-32/h1-8,15-16,28H,9-14,17-18H2,(H,30,33)(H,29,31,34). The number of benzene rings is 2. The van der Waals surface area contributed by atoms with Gasteiger partial charge in [0.2, 0.25) is 0 Å². The van der Waals surface area contributed by atoms with Gasteiger partial charge >= 0.3 is 0 Å². The molecule has 1 aromatic heterocycles. The summed E-state index contributed by atoms with van der Waals surface area (Å²) >= 11 is 1.60. The van der Waals surface area contributed by atoms with Crippen molar-refractivity contribution in [1.29, 1.82) is 0 Å². The molecule has 3 heterocycles. The number of carbonyl (C=O) groups is 2. The highest BCUT2D eigenvalue weighted by molar-refractivity contribution is 7.09. The normalized spacial score (nSPS) is 15.2. The summed E-state index contributed by atoms with van der Waals surface area (Å²) in [5, 5.41) is 11.3. The minimum Gasteiger partial charge on any atom is -0.384 e. The highest BCUT2D eigenvalue weighted by atomic mass is 32.1. The van der Waals surface area contributed by atoms with Gasteiger partial charge in [-0.25, -0.2) is 0 Å². The number of morpholine rings is 1. The van der Waals surface area contributed by atoms with Crippen LogP contribution in [0.25, 0.3) is 0 Å². The van der Waals surface area contributed by atoms with Gasteiger partial charge in [0.15, 0.2) is 0 Å². The molecule has 0 aliphatic carbocycles. The monoisotopic (exact) mass is 503 g/mol. The minimum atomic E-state index is -0.228. The number of anilines is 1. The molecule has 2 aromatic carbocycles. The first-order valence-corrected chi connectivity index (χ1v) is 13.0. The Balaban J connectivity index is 1.15. The molecule has 0 unspecified atom stereocenters. The summed E-state index contributed by atoms with van der Waals surface area (Å²) in [4.78, 5) is 33.5. The average Bonchev–Trinajstić information content (AvgIpc) is 3.58. The van der Waals surface area contributed by atoms with Crippen LogP contribution in [-0.4, -0.2) is 61.9 Å². The highest BCUT2D eigenvalue weighted by Gasteiger charge is 2.20. The Labute approximate surface area is 214 Å². The Morgan fingerprint density at radius 3 is 2.58 bits per heavy atom. The van der Waals surface area contributed by atoms with Gasteiger partial charge in [0.25, 0.3) is 11.8 Å². The number of nitrogens with one attached hydrogen (secondary N) is 3. The lowest BCUT2D eigenvalue weighted by Crippen LogP contribution is -2.39. The molecule has 3 N–H and O–H groups in total. The van der Waals surface area contributed by atoms with E-state index in [0.29, 0.717) is 30.1 Å². The zero-order valence-electron chi connectivity index (χ0n) is 20.0. The van der Waals surface area contributed by atoms with Crippen LogP contribution in [0.2, 0.25) is 0 Å². The van der Waals surface area contributed by atoms with Crippen LogP contribution in [0, 0.1) is 0 Å². The highest BCUT2D eigenvalue weighted by Crippen LogP contribution is 2.20. The van der Waals surface area contributed by atoms with Crippen LogP contribution in [-0.2, 0) is 17.8 Å². The van der Waals surface area contributed by atoms with E-state index in [1.807, 2.05) is 35.7 Å². The van der Waals surface area contributed by atoms with E-state index in [-0.39, 0.29) is 11.8 Å². The van der Waals surface area contributed by atoms with Gasteiger partial charge < -0.3 is 20.7 Å². The van der Waals surface area contributed by atoms with Crippen molar-refractivity contribution in [2.24, 2.45) is 4.99 Å². The Morgan fingerprint density at radius 1 is 1.00 bits per heavy atom. The van der Waals surface area contributed by atoms with E-state index in [1.165, 1.54) is 0 Å². The molecule has 2 aliphatic rings. The van der Waals surface area contributed by atoms with Gasteiger partial charge in [-0.05, 0) is 53.4 Å². The second-order valence-corrected chi connectivity index (χ2v) is 9.74. The fraction of sp³-hybridized carbons (Fsp3) is 0.296. The van der Waals surface area contributed by atoms with Crippen LogP contribution in [0.4, 0.5) is 5.69 Å². The number of hydrogen-bond acceptors (Lipinski definition) is 7. The van der Waals surface area contributed by atoms with E-state index >= 15 is 0 Å². The summed E-state index contributed by atoms with van der Waals surface area (Å²) in [6.45, 7) is 6.29. The summed E-state index contributed by atoms with van der Waals surface area (Å²) in [6.07, 6.45) is 0. The molecule has 9 heteroatoms. The van der Waals surface area contributed by atoms with Gasteiger partial charge in [-0.1, -0.05) is 12.1 Å². The van der Waals surface area contributed by atoms with Crippen molar-refractivity contribution >= 4 is 34.7 Å². The van der Waals surface area contributed by atoms with E-state index in [9.17, 15) is 9.59 Å². The number of nitrogens with zero attached hydrogens (tertiary/aromatic N) is 2. The number of fused-ring (bicyclic) bond motifs is 1. The van der Waals surface area contributed by atoms with E-state index in [2.05, 4.69) is 25.8 Å². The van der Waals surface area contributed by atoms with Gasteiger partial charge in [0.1, 0.15) is 5.84 Å². The third-order valence-electron chi connectivity index (χ3n) is 6.28. The van der Waals surface area contributed by atoms with Crippen LogP contribution in [0.3, 0.4) is 0 Å². The van der Waals surface area contributed by atoms with Gasteiger partial charge in [-0.15, -0.1) is 11.3 Å². The molecule has 1 saturated heterocycles. The molecule has 8 nitrogen and oxygen atoms in total.